The van der Waals surface area contributed by atoms with Gasteiger partial charge in [0.05, 0.1) is 11.2 Å². The van der Waals surface area contributed by atoms with Gasteiger partial charge in [0.1, 0.15) is 10.5 Å². The third-order valence-electron chi connectivity index (χ3n) is 2.13. The summed E-state index contributed by atoms with van der Waals surface area (Å²) in [4.78, 5) is 28.0. The van der Waals surface area contributed by atoms with Crippen molar-refractivity contribution in [2.75, 3.05) is 13.6 Å². The monoisotopic (exact) mass is 286 g/mol. The van der Waals surface area contributed by atoms with E-state index in [1.54, 1.807) is 27.8 Å². The molecule has 7 heteroatoms. The molecule has 0 spiro atoms. The van der Waals surface area contributed by atoms with E-state index in [9.17, 15) is 9.59 Å². The smallest absolute Gasteiger partial charge is 0.410 e. The van der Waals surface area contributed by atoms with Crippen LogP contribution in [-0.4, -0.2) is 46.2 Å². The third-order valence-corrected chi connectivity index (χ3v) is 3.18. The van der Waals surface area contributed by atoms with Crippen LogP contribution in [0.25, 0.3) is 0 Å². The average Bonchev–Trinajstić information content (AvgIpc) is 2.72. The van der Waals surface area contributed by atoms with E-state index >= 15 is 0 Å². The van der Waals surface area contributed by atoms with Gasteiger partial charge in [-0.2, -0.15) is 0 Å². The number of hydrogen-bond donors (Lipinski definition) is 1. The molecule has 0 aliphatic rings. The van der Waals surface area contributed by atoms with Crippen LogP contribution in [0.4, 0.5) is 4.79 Å². The molecule has 0 radical (unpaired) electrons. The standard InChI is InChI=1S/C12H18N2O4S/c1-12(2,3)18-11(17)14(4)6-5-9-13-7-8(19-9)10(15)16/h7H,5-6H2,1-4H3,(H,15,16). The first-order valence-electron chi connectivity index (χ1n) is 5.81. The van der Waals surface area contributed by atoms with Gasteiger partial charge in [-0.1, -0.05) is 0 Å². The minimum absolute atomic E-state index is 0.204. The fourth-order valence-corrected chi connectivity index (χ4v) is 1.96. The van der Waals surface area contributed by atoms with Crippen LogP contribution in [0.3, 0.4) is 0 Å². The zero-order valence-electron chi connectivity index (χ0n) is 11.5. The van der Waals surface area contributed by atoms with Gasteiger partial charge in [-0.05, 0) is 20.8 Å². The number of hydrogen-bond acceptors (Lipinski definition) is 5. The van der Waals surface area contributed by atoms with Crippen molar-refractivity contribution in [3.8, 4) is 0 Å². The summed E-state index contributed by atoms with van der Waals surface area (Å²) in [5, 5.41) is 9.47. The first-order valence-corrected chi connectivity index (χ1v) is 6.63. The van der Waals surface area contributed by atoms with Gasteiger partial charge in [-0.3, -0.25) is 0 Å². The van der Waals surface area contributed by atoms with Gasteiger partial charge in [0.25, 0.3) is 0 Å². The number of likely N-dealkylation sites (N-methyl/N-ethyl adjacent to an activating group) is 1. The van der Waals surface area contributed by atoms with Crippen LogP contribution in [0.5, 0.6) is 0 Å². The van der Waals surface area contributed by atoms with Crippen LogP contribution < -0.4 is 0 Å². The van der Waals surface area contributed by atoms with Crippen LogP contribution in [0.15, 0.2) is 6.20 Å². The highest BCUT2D eigenvalue weighted by Crippen LogP contribution is 2.14. The summed E-state index contributed by atoms with van der Waals surface area (Å²) in [5.74, 6) is -0.982. The zero-order valence-corrected chi connectivity index (χ0v) is 12.3. The molecule has 0 aliphatic carbocycles. The Morgan fingerprint density at radius 2 is 2.11 bits per heavy atom. The maximum absolute atomic E-state index is 11.7. The Bertz CT molecular complexity index is 465. The first-order chi connectivity index (χ1) is 8.69. The molecule has 6 nitrogen and oxygen atoms in total. The lowest BCUT2D eigenvalue weighted by Crippen LogP contribution is -2.35. The molecule has 0 saturated carbocycles. The highest BCUT2D eigenvalue weighted by molar-refractivity contribution is 7.13. The second kappa shape index (κ2) is 6.01. The Morgan fingerprint density at radius 3 is 2.58 bits per heavy atom. The predicted molar refractivity (Wildman–Crippen MR) is 71.6 cm³/mol. The van der Waals surface area contributed by atoms with E-state index in [4.69, 9.17) is 9.84 Å². The summed E-state index contributed by atoms with van der Waals surface area (Å²) in [6, 6.07) is 0. The Kier molecular flexibility index (Phi) is 4.88. The van der Waals surface area contributed by atoms with Gasteiger partial charge in [-0.25, -0.2) is 14.6 Å². The quantitative estimate of drug-likeness (QED) is 0.918. The number of amides is 1. The molecule has 0 aromatic carbocycles. The minimum atomic E-state index is -0.982. The number of ether oxygens (including phenoxy) is 1. The van der Waals surface area contributed by atoms with Crippen molar-refractivity contribution in [1.82, 2.24) is 9.88 Å². The molecule has 19 heavy (non-hydrogen) atoms. The van der Waals surface area contributed by atoms with Gasteiger partial charge in [-0.15, -0.1) is 11.3 Å². The molecule has 106 valence electrons. The van der Waals surface area contributed by atoms with Crippen molar-refractivity contribution in [1.29, 1.82) is 0 Å². The van der Waals surface area contributed by atoms with Crippen LogP contribution >= 0.6 is 11.3 Å². The topological polar surface area (TPSA) is 79.7 Å². The van der Waals surface area contributed by atoms with Gasteiger partial charge >= 0.3 is 12.1 Å². The molecule has 0 fully saturated rings. The summed E-state index contributed by atoms with van der Waals surface area (Å²) in [6.45, 7) is 5.84. The fourth-order valence-electron chi connectivity index (χ4n) is 1.22. The van der Waals surface area contributed by atoms with E-state index in [2.05, 4.69) is 4.98 Å². The van der Waals surface area contributed by atoms with Crippen molar-refractivity contribution < 1.29 is 19.4 Å². The lowest BCUT2D eigenvalue weighted by atomic mass is 10.2. The normalized spacial score (nSPS) is 11.2. The molecular formula is C12H18N2O4S. The third kappa shape index (κ3) is 5.25. The molecule has 1 heterocycles. The van der Waals surface area contributed by atoms with Crippen molar-refractivity contribution in [2.45, 2.75) is 32.8 Å². The number of carboxylic acids is 1. The fraction of sp³-hybridized carbons (Fsp3) is 0.583. The lowest BCUT2D eigenvalue weighted by Gasteiger charge is -2.24. The van der Waals surface area contributed by atoms with Crippen molar-refractivity contribution in [3.63, 3.8) is 0 Å². The number of carboxylic acid groups (broad SMARTS) is 1. The lowest BCUT2D eigenvalue weighted by molar-refractivity contribution is 0.0300. The molecule has 1 aromatic heterocycles. The summed E-state index contributed by atoms with van der Waals surface area (Å²) < 4.78 is 5.21. The van der Waals surface area contributed by atoms with Gasteiger partial charge in [0.15, 0.2) is 0 Å². The number of aromatic carboxylic acids is 1. The van der Waals surface area contributed by atoms with E-state index < -0.39 is 17.7 Å². The molecule has 0 saturated heterocycles. The number of nitrogens with zero attached hydrogens (tertiary/aromatic N) is 2. The second-order valence-corrected chi connectivity index (χ2v) is 6.19. The largest absolute Gasteiger partial charge is 0.477 e. The van der Waals surface area contributed by atoms with E-state index in [0.29, 0.717) is 18.0 Å². The SMILES string of the molecule is CN(CCc1ncc(C(=O)O)s1)C(=O)OC(C)(C)C. The van der Waals surface area contributed by atoms with E-state index in [1.807, 2.05) is 0 Å². The molecule has 1 N–H and O–H groups in total. The molecule has 0 aliphatic heterocycles. The average molecular weight is 286 g/mol. The summed E-state index contributed by atoms with van der Waals surface area (Å²) in [6.07, 6.45) is 1.44. The molecule has 1 amide bonds. The first kappa shape index (κ1) is 15.4. The van der Waals surface area contributed by atoms with Crippen LogP contribution in [-0.2, 0) is 11.2 Å². The van der Waals surface area contributed by atoms with E-state index in [-0.39, 0.29) is 4.88 Å². The van der Waals surface area contributed by atoms with E-state index in [0.717, 1.165) is 11.3 Å². The van der Waals surface area contributed by atoms with Gasteiger partial charge in [0.2, 0.25) is 0 Å². The molecular weight excluding hydrogens is 268 g/mol. The highest BCUT2D eigenvalue weighted by Gasteiger charge is 2.19. The Morgan fingerprint density at radius 1 is 1.47 bits per heavy atom. The van der Waals surface area contributed by atoms with E-state index in [1.165, 1.54) is 11.1 Å². The number of aromatic nitrogens is 1. The zero-order chi connectivity index (χ0) is 14.6. The van der Waals surface area contributed by atoms with Crippen LogP contribution in [0.2, 0.25) is 0 Å². The minimum Gasteiger partial charge on any atom is -0.477 e. The molecule has 0 bridgehead atoms. The highest BCUT2D eigenvalue weighted by atomic mass is 32.1. The van der Waals surface area contributed by atoms with Crippen molar-refractivity contribution >= 4 is 23.4 Å². The summed E-state index contributed by atoms with van der Waals surface area (Å²) in [5.41, 5.74) is -0.525. The Hall–Kier alpha value is -1.63. The van der Waals surface area contributed by atoms with Crippen LogP contribution in [0.1, 0.15) is 35.5 Å². The van der Waals surface area contributed by atoms with Crippen molar-refractivity contribution in [3.05, 3.63) is 16.1 Å². The van der Waals surface area contributed by atoms with Crippen LogP contribution in [0, 0.1) is 0 Å². The number of rotatable bonds is 4. The number of thiazole rings is 1. The van der Waals surface area contributed by atoms with Gasteiger partial charge < -0.3 is 14.7 Å². The molecule has 0 atom stereocenters. The Balaban J connectivity index is 2.47. The summed E-state index contributed by atoms with van der Waals surface area (Å²) >= 11 is 1.12. The molecule has 1 rings (SSSR count). The predicted octanol–water partition coefficient (Wildman–Crippen LogP) is 2.25. The Labute approximate surface area is 116 Å². The number of carbonyl (C=O) groups is 2. The van der Waals surface area contributed by atoms with Crippen molar-refractivity contribution in [2.24, 2.45) is 0 Å². The number of carbonyl (C=O) groups excluding carboxylic acids is 1. The maximum atomic E-state index is 11.7. The molecule has 1 aromatic rings. The molecule has 0 unspecified atom stereocenters. The van der Waals surface area contributed by atoms with Gasteiger partial charge in [0, 0.05) is 20.0 Å². The maximum Gasteiger partial charge on any atom is 0.410 e. The second-order valence-electron chi connectivity index (χ2n) is 5.08. The summed E-state index contributed by atoms with van der Waals surface area (Å²) in [7, 11) is 1.64.